The lowest BCUT2D eigenvalue weighted by Crippen LogP contribution is -2.12. The molecule has 0 saturated heterocycles. The molecule has 0 saturated carbocycles. The summed E-state index contributed by atoms with van der Waals surface area (Å²) in [5.41, 5.74) is 0.229. The average molecular weight is 224 g/mol. The summed E-state index contributed by atoms with van der Waals surface area (Å²) >= 11 is 0. The third-order valence-corrected chi connectivity index (χ3v) is 2.33. The zero-order valence-electron chi connectivity index (χ0n) is 8.55. The number of para-hydroxylation sites is 1. The van der Waals surface area contributed by atoms with Crippen molar-refractivity contribution >= 4 is 5.97 Å². The third-order valence-electron chi connectivity index (χ3n) is 2.33. The normalized spacial score (nSPS) is 16.3. The standard InChI is InChI=1S/C11H12O5/c12-9(11(13)14)7-3-1-4-8-10(7)16-6-2-5-15-8/h1,3-4,9,12H,2,5-6H2,(H,13,14). The van der Waals surface area contributed by atoms with Crippen LogP contribution in [0.15, 0.2) is 18.2 Å². The summed E-state index contributed by atoms with van der Waals surface area (Å²) in [5.74, 6) is -0.494. The van der Waals surface area contributed by atoms with Crippen molar-refractivity contribution < 1.29 is 24.5 Å². The van der Waals surface area contributed by atoms with Gasteiger partial charge in [-0.05, 0) is 6.07 Å². The van der Waals surface area contributed by atoms with Crippen LogP contribution in [0.25, 0.3) is 0 Å². The number of hydrogen-bond acceptors (Lipinski definition) is 4. The minimum Gasteiger partial charge on any atom is -0.490 e. The Morgan fingerprint density at radius 2 is 2.06 bits per heavy atom. The fourth-order valence-corrected chi connectivity index (χ4v) is 1.56. The number of hydrogen-bond donors (Lipinski definition) is 2. The Morgan fingerprint density at radius 3 is 2.81 bits per heavy atom. The number of aliphatic hydroxyl groups is 1. The van der Waals surface area contributed by atoms with Crippen molar-refractivity contribution in [3.05, 3.63) is 23.8 Å². The van der Waals surface area contributed by atoms with Gasteiger partial charge in [0.25, 0.3) is 0 Å². The van der Waals surface area contributed by atoms with Gasteiger partial charge in [0.05, 0.1) is 13.2 Å². The maximum Gasteiger partial charge on any atom is 0.337 e. The monoisotopic (exact) mass is 224 g/mol. The first-order chi connectivity index (χ1) is 7.70. The topological polar surface area (TPSA) is 76.0 Å². The number of rotatable bonds is 2. The predicted octanol–water partition coefficient (Wildman–Crippen LogP) is 0.966. The molecule has 1 aromatic rings. The van der Waals surface area contributed by atoms with Gasteiger partial charge in [0.15, 0.2) is 17.6 Å². The van der Waals surface area contributed by atoms with Gasteiger partial charge in [-0.1, -0.05) is 12.1 Å². The molecule has 2 N–H and O–H groups in total. The summed E-state index contributed by atoms with van der Waals surface area (Å²) < 4.78 is 10.8. The molecular weight excluding hydrogens is 212 g/mol. The van der Waals surface area contributed by atoms with E-state index in [9.17, 15) is 9.90 Å². The van der Waals surface area contributed by atoms with Crippen molar-refractivity contribution in [1.82, 2.24) is 0 Å². The van der Waals surface area contributed by atoms with Crippen LogP contribution in [-0.4, -0.2) is 29.4 Å². The SMILES string of the molecule is O=C(O)C(O)c1cccc2c1OCCCO2. The van der Waals surface area contributed by atoms with E-state index in [1.165, 1.54) is 6.07 Å². The van der Waals surface area contributed by atoms with E-state index in [1.807, 2.05) is 0 Å². The number of carbonyl (C=O) groups is 1. The Bertz CT molecular complexity index is 401. The van der Waals surface area contributed by atoms with Crippen LogP contribution < -0.4 is 9.47 Å². The summed E-state index contributed by atoms with van der Waals surface area (Å²) in [6, 6.07) is 4.85. The number of carboxylic acid groups (broad SMARTS) is 1. The van der Waals surface area contributed by atoms with Gasteiger partial charge in [0.1, 0.15) is 0 Å². The van der Waals surface area contributed by atoms with Crippen molar-refractivity contribution in [3.8, 4) is 11.5 Å². The molecule has 1 atom stereocenters. The first kappa shape index (κ1) is 10.8. The van der Waals surface area contributed by atoms with E-state index < -0.39 is 12.1 Å². The molecule has 0 spiro atoms. The van der Waals surface area contributed by atoms with Gasteiger partial charge in [-0.25, -0.2) is 4.79 Å². The molecule has 5 heteroatoms. The van der Waals surface area contributed by atoms with Crippen LogP contribution in [0.1, 0.15) is 18.1 Å². The number of benzene rings is 1. The molecule has 0 bridgehead atoms. The molecule has 0 aliphatic carbocycles. The molecule has 1 aliphatic rings. The van der Waals surface area contributed by atoms with E-state index in [2.05, 4.69) is 0 Å². The Hall–Kier alpha value is -1.75. The maximum absolute atomic E-state index is 10.7. The molecule has 1 aromatic carbocycles. The number of fused-ring (bicyclic) bond motifs is 1. The maximum atomic E-state index is 10.7. The highest BCUT2D eigenvalue weighted by Crippen LogP contribution is 2.36. The average Bonchev–Trinajstić information content (AvgIpc) is 2.52. The molecule has 86 valence electrons. The summed E-state index contributed by atoms with van der Waals surface area (Å²) in [7, 11) is 0. The first-order valence-corrected chi connectivity index (χ1v) is 4.99. The molecule has 1 heterocycles. The van der Waals surface area contributed by atoms with Crippen LogP contribution in [0.3, 0.4) is 0 Å². The highest BCUT2D eigenvalue weighted by Gasteiger charge is 2.24. The molecule has 0 radical (unpaired) electrons. The Kier molecular flexibility index (Phi) is 2.96. The Balaban J connectivity index is 2.42. The van der Waals surface area contributed by atoms with Gasteiger partial charge in [-0.15, -0.1) is 0 Å². The van der Waals surface area contributed by atoms with E-state index in [0.717, 1.165) is 6.42 Å². The zero-order chi connectivity index (χ0) is 11.5. The summed E-state index contributed by atoms with van der Waals surface area (Å²) in [6.07, 6.45) is -0.853. The van der Waals surface area contributed by atoms with Crippen LogP contribution in [0.5, 0.6) is 11.5 Å². The number of carboxylic acids is 1. The highest BCUT2D eigenvalue weighted by atomic mass is 16.5. The summed E-state index contributed by atoms with van der Waals surface area (Å²) in [4.78, 5) is 10.7. The number of ether oxygens (including phenoxy) is 2. The Labute approximate surface area is 92.2 Å². The molecular formula is C11H12O5. The number of aliphatic carboxylic acids is 1. The fourth-order valence-electron chi connectivity index (χ4n) is 1.56. The minimum atomic E-state index is -1.59. The number of aliphatic hydroxyl groups excluding tert-OH is 1. The molecule has 0 amide bonds. The molecule has 0 aromatic heterocycles. The van der Waals surface area contributed by atoms with Crippen LogP contribution in [0.2, 0.25) is 0 Å². The van der Waals surface area contributed by atoms with Crippen molar-refractivity contribution in [3.63, 3.8) is 0 Å². The summed E-state index contributed by atoms with van der Waals surface area (Å²) in [5, 5.41) is 18.3. The largest absolute Gasteiger partial charge is 0.490 e. The van der Waals surface area contributed by atoms with Gasteiger partial charge in [0.2, 0.25) is 0 Å². The van der Waals surface area contributed by atoms with Gasteiger partial charge in [-0.2, -0.15) is 0 Å². The highest BCUT2D eigenvalue weighted by molar-refractivity contribution is 5.75. The van der Waals surface area contributed by atoms with Crippen molar-refractivity contribution in [2.45, 2.75) is 12.5 Å². The molecule has 0 fully saturated rings. The van der Waals surface area contributed by atoms with Crippen molar-refractivity contribution in [1.29, 1.82) is 0 Å². The fraction of sp³-hybridized carbons (Fsp3) is 0.364. The van der Waals surface area contributed by atoms with E-state index in [-0.39, 0.29) is 5.56 Å². The zero-order valence-corrected chi connectivity index (χ0v) is 8.55. The van der Waals surface area contributed by atoms with Crippen molar-refractivity contribution in [2.24, 2.45) is 0 Å². The second kappa shape index (κ2) is 4.40. The van der Waals surface area contributed by atoms with Gasteiger partial charge < -0.3 is 19.7 Å². The quantitative estimate of drug-likeness (QED) is 0.782. The second-order valence-electron chi connectivity index (χ2n) is 3.47. The summed E-state index contributed by atoms with van der Waals surface area (Å²) in [6.45, 7) is 0.982. The minimum absolute atomic E-state index is 0.229. The van der Waals surface area contributed by atoms with Gasteiger partial charge in [-0.3, -0.25) is 0 Å². The molecule has 1 unspecified atom stereocenters. The van der Waals surface area contributed by atoms with Gasteiger partial charge >= 0.3 is 5.97 Å². The lowest BCUT2D eigenvalue weighted by Gasteiger charge is -2.14. The van der Waals surface area contributed by atoms with E-state index in [1.54, 1.807) is 12.1 Å². The predicted molar refractivity (Wildman–Crippen MR) is 54.6 cm³/mol. The molecule has 5 nitrogen and oxygen atoms in total. The molecule has 16 heavy (non-hydrogen) atoms. The smallest absolute Gasteiger partial charge is 0.337 e. The van der Waals surface area contributed by atoms with Crippen molar-refractivity contribution in [2.75, 3.05) is 13.2 Å². The lowest BCUT2D eigenvalue weighted by molar-refractivity contribution is -0.147. The molecule has 2 rings (SSSR count). The van der Waals surface area contributed by atoms with E-state index in [4.69, 9.17) is 14.6 Å². The second-order valence-corrected chi connectivity index (χ2v) is 3.47. The molecule has 1 aliphatic heterocycles. The van der Waals surface area contributed by atoms with Gasteiger partial charge in [0, 0.05) is 12.0 Å². The van der Waals surface area contributed by atoms with Crippen LogP contribution in [0.4, 0.5) is 0 Å². The first-order valence-electron chi connectivity index (χ1n) is 4.99. The van der Waals surface area contributed by atoms with E-state index >= 15 is 0 Å². The van der Waals surface area contributed by atoms with Crippen LogP contribution >= 0.6 is 0 Å². The van der Waals surface area contributed by atoms with E-state index in [0.29, 0.717) is 24.7 Å². The third kappa shape index (κ3) is 1.94. The van der Waals surface area contributed by atoms with Crippen LogP contribution in [-0.2, 0) is 4.79 Å². The Morgan fingerprint density at radius 1 is 1.31 bits per heavy atom. The van der Waals surface area contributed by atoms with Crippen LogP contribution in [0, 0.1) is 0 Å². The lowest BCUT2D eigenvalue weighted by atomic mass is 10.1.